The number of rotatable bonds is 7. The Bertz CT molecular complexity index is 468. The van der Waals surface area contributed by atoms with Crippen molar-refractivity contribution in [3.63, 3.8) is 0 Å². The van der Waals surface area contributed by atoms with E-state index in [1.165, 1.54) is 0 Å². The van der Waals surface area contributed by atoms with Crippen molar-refractivity contribution in [2.75, 3.05) is 32.8 Å². The molecule has 1 aromatic carbocycles. The zero-order chi connectivity index (χ0) is 14.9. The van der Waals surface area contributed by atoms with Gasteiger partial charge in [0.25, 0.3) is 0 Å². The molecule has 1 aliphatic rings. The van der Waals surface area contributed by atoms with E-state index in [1.807, 2.05) is 37.3 Å². The third-order valence-corrected chi connectivity index (χ3v) is 3.32. The van der Waals surface area contributed by atoms with Gasteiger partial charge < -0.3 is 4.74 Å². The van der Waals surface area contributed by atoms with Crippen LogP contribution in [0.25, 0.3) is 0 Å². The first-order valence-electron chi connectivity index (χ1n) is 7.21. The van der Waals surface area contributed by atoms with Gasteiger partial charge in [0, 0.05) is 13.1 Å². The molecule has 0 radical (unpaired) electrons. The fourth-order valence-electron chi connectivity index (χ4n) is 2.10. The molecule has 0 saturated carbocycles. The fourth-order valence-corrected chi connectivity index (χ4v) is 2.10. The number of nitrogens with one attached hydrogen (secondary N) is 1. The van der Waals surface area contributed by atoms with E-state index in [4.69, 9.17) is 9.57 Å². The number of carbonyl (C=O) groups excluding carboxylic acids is 1. The van der Waals surface area contributed by atoms with Gasteiger partial charge in [0.05, 0.1) is 26.4 Å². The highest BCUT2D eigenvalue weighted by atomic mass is 16.6. The standard InChI is InChI=1S/C16H22N2O3/c1-2-15(16(19)12-18-8-10-20-11-9-18)17-21-13-14-6-4-3-5-7-14/h2-7,17H,8-13H2,1H3. The topological polar surface area (TPSA) is 50.8 Å². The summed E-state index contributed by atoms with van der Waals surface area (Å²) >= 11 is 0. The lowest BCUT2D eigenvalue weighted by Crippen LogP contribution is -2.41. The predicted molar refractivity (Wildman–Crippen MR) is 80.4 cm³/mol. The van der Waals surface area contributed by atoms with Crippen LogP contribution in [0.5, 0.6) is 0 Å². The van der Waals surface area contributed by atoms with Crippen molar-refractivity contribution in [3.05, 3.63) is 47.7 Å². The predicted octanol–water partition coefficient (Wildman–Crippen LogP) is 1.51. The molecule has 1 heterocycles. The van der Waals surface area contributed by atoms with Crippen molar-refractivity contribution in [2.24, 2.45) is 0 Å². The molecule has 1 fully saturated rings. The zero-order valence-corrected chi connectivity index (χ0v) is 12.4. The Morgan fingerprint density at radius 1 is 1.33 bits per heavy atom. The van der Waals surface area contributed by atoms with Crippen molar-refractivity contribution in [2.45, 2.75) is 13.5 Å². The molecule has 0 amide bonds. The van der Waals surface area contributed by atoms with Crippen LogP contribution < -0.4 is 5.48 Å². The molecule has 5 nitrogen and oxygen atoms in total. The number of hydrogen-bond donors (Lipinski definition) is 1. The molecule has 0 aromatic heterocycles. The molecular formula is C16H22N2O3. The summed E-state index contributed by atoms with van der Waals surface area (Å²) in [5.74, 6) is 0.0347. The number of hydrogen-bond acceptors (Lipinski definition) is 5. The Balaban J connectivity index is 1.75. The van der Waals surface area contributed by atoms with Crippen LogP contribution in [-0.2, 0) is 21.0 Å². The van der Waals surface area contributed by atoms with Gasteiger partial charge in [0.15, 0.2) is 5.78 Å². The number of nitrogens with zero attached hydrogens (tertiary/aromatic N) is 1. The van der Waals surface area contributed by atoms with Gasteiger partial charge in [-0.15, -0.1) is 0 Å². The Morgan fingerprint density at radius 2 is 2.05 bits per heavy atom. The largest absolute Gasteiger partial charge is 0.379 e. The van der Waals surface area contributed by atoms with Crippen LogP contribution in [0.2, 0.25) is 0 Å². The molecule has 1 aliphatic heterocycles. The van der Waals surface area contributed by atoms with Crippen LogP contribution in [0.1, 0.15) is 12.5 Å². The van der Waals surface area contributed by atoms with Gasteiger partial charge >= 0.3 is 0 Å². The summed E-state index contributed by atoms with van der Waals surface area (Å²) in [6.45, 7) is 5.62. The lowest BCUT2D eigenvalue weighted by Gasteiger charge is -2.26. The van der Waals surface area contributed by atoms with Gasteiger partial charge in [0.2, 0.25) is 0 Å². The van der Waals surface area contributed by atoms with Crippen LogP contribution in [0, 0.1) is 0 Å². The number of ketones is 1. The number of hydroxylamine groups is 1. The van der Waals surface area contributed by atoms with Gasteiger partial charge in [-0.3, -0.25) is 20.0 Å². The molecule has 1 N–H and O–H groups in total. The fraction of sp³-hybridized carbons (Fsp3) is 0.438. The zero-order valence-electron chi connectivity index (χ0n) is 12.4. The molecule has 1 aromatic rings. The molecular weight excluding hydrogens is 268 g/mol. The van der Waals surface area contributed by atoms with E-state index in [2.05, 4.69) is 10.4 Å². The second-order valence-electron chi connectivity index (χ2n) is 4.89. The van der Waals surface area contributed by atoms with Gasteiger partial charge in [0.1, 0.15) is 5.70 Å². The summed E-state index contributed by atoms with van der Waals surface area (Å²) in [4.78, 5) is 19.7. The van der Waals surface area contributed by atoms with Gasteiger partial charge in [-0.05, 0) is 12.5 Å². The second kappa shape index (κ2) is 8.56. The molecule has 0 unspecified atom stereocenters. The van der Waals surface area contributed by atoms with Crippen molar-refractivity contribution in [1.29, 1.82) is 0 Å². The summed E-state index contributed by atoms with van der Waals surface area (Å²) in [6, 6.07) is 9.83. The summed E-state index contributed by atoms with van der Waals surface area (Å²) in [7, 11) is 0. The van der Waals surface area contributed by atoms with Crippen LogP contribution in [0.15, 0.2) is 42.1 Å². The maximum atomic E-state index is 12.2. The van der Waals surface area contributed by atoms with Crippen molar-refractivity contribution in [1.82, 2.24) is 10.4 Å². The minimum Gasteiger partial charge on any atom is -0.379 e. The van der Waals surface area contributed by atoms with Crippen LogP contribution in [0.3, 0.4) is 0 Å². The number of carbonyl (C=O) groups is 1. The lowest BCUT2D eigenvalue weighted by molar-refractivity contribution is -0.119. The summed E-state index contributed by atoms with van der Waals surface area (Å²) < 4.78 is 5.27. The van der Waals surface area contributed by atoms with E-state index >= 15 is 0 Å². The Kier molecular flexibility index (Phi) is 6.40. The number of ether oxygens (including phenoxy) is 1. The van der Waals surface area contributed by atoms with E-state index in [9.17, 15) is 4.79 Å². The summed E-state index contributed by atoms with van der Waals surface area (Å²) in [5, 5.41) is 0. The molecule has 21 heavy (non-hydrogen) atoms. The number of benzene rings is 1. The van der Waals surface area contributed by atoms with E-state index in [0.717, 1.165) is 18.7 Å². The van der Waals surface area contributed by atoms with Crippen LogP contribution in [0.4, 0.5) is 0 Å². The SMILES string of the molecule is CC=C(NOCc1ccccc1)C(=O)CN1CCOCC1. The Hall–Kier alpha value is -1.69. The quantitative estimate of drug-likeness (QED) is 0.609. The third-order valence-electron chi connectivity index (χ3n) is 3.32. The minimum atomic E-state index is 0.0347. The van der Waals surface area contributed by atoms with Gasteiger partial charge in [-0.1, -0.05) is 36.4 Å². The molecule has 114 valence electrons. The lowest BCUT2D eigenvalue weighted by atomic mass is 10.2. The van der Waals surface area contributed by atoms with Gasteiger partial charge in [-0.25, -0.2) is 0 Å². The Labute approximate surface area is 125 Å². The van der Waals surface area contributed by atoms with E-state index in [1.54, 1.807) is 6.08 Å². The van der Waals surface area contributed by atoms with Crippen molar-refractivity contribution < 1.29 is 14.4 Å². The Morgan fingerprint density at radius 3 is 2.71 bits per heavy atom. The number of morpholine rings is 1. The molecule has 5 heteroatoms. The number of allylic oxidation sites excluding steroid dienone is 1. The molecule has 0 aliphatic carbocycles. The summed E-state index contributed by atoms with van der Waals surface area (Å²) in [6.07, 6.45) is 1.74. The maximum absolute atomic E-state index is 12.2. The average Bonchev–Trinajstić information content (AvgIpc) is 2.53. The van der Waals surface area contributed by atoms with E-state index < -0.39 is 0 Å². The highest BCUT2D eigenvalue weighted by molar-refractivity contribution is 5.96. The minimum absolute atomic E-state index is 0.0347. The average molecular weight is 290 g/mol. The molecule has 0 spiro atoms. The third kappa shape index (κ3) is 5.30. The second-order valence-corrected chi connectivity index (χ2v) is 4.89. The van der Waals surface area contributed by atoms with E-state index in [-0.39, 0.29) is 5.78 Å². The molecule has 0 atom stereocenters. The van der Waals surface area contributed by atoms with Crippen molar-refractivity contribution in [3.8, 4) is 0 Å². The molecule has 1 saturated heterocycles. The summed E-state index contributed by atoms with van der Waals surface area (Å²) in [5.41, 5.74) is 4.32. The molecule has 2 rings (SSSR count). The highest BCUT2D eigenvalue weighted by Crippen LogP contribution is 2.03. The first-order chi connectivity index (χ1) is 10.3. The van der Waals surface area contributed by atoms with E-state index in [0.29, 0.717) is 32.1 Å². The van der Waals surface area contributed by atoms with Crippen molar-refractivity contribution >= 4 is 5.78 Å². The normalized spacial score (nSPS) is 16.7. The first kappa shape index (κ1) is 15.7. The smallest absolute Gasteiger partial charge is 0.194 e. The van der Waals surface area contributed by atoms with Crippen LogP contribution >= 0.6 is 0 Å². The van der Waals surface area contributed by atoms with Crippen LogP contribution in [-0.4, -0.2) is 43.5 Å². The molecule has 0 bridgehead atoms. The maximum Gasteiger partial charge on any atom is 0.194 e. The first-order valence-corrected chi connectivity index (χ1v) is 7.21. The van der Waals surface area contributed by atoms with Gasteiger partial charge in [-0.2, -0.15) is 0 Å². The number of Topliss-reactive ketones (excluding diaryl/α,β-unsaturated/α-hetero) is 1. The highest BCUT2D eigenvalue weighted by Gasteiger charge is 2.16. The monoisotopic (exact) mass is 290 g/mol.